The number of esters is 1. The zero-order valence-electron chi connectivity index (χ0n) is 12.4. The van der Waals surface area contributed by atoms with E-state index in [0.29, 0.717) is 25.9 Å². The summed E-state index contributed by atoms with van der Waals surface area (Å²) in [6.07, 6.45) is 5.48. The number of fused-ring (bicyclic) bond motifs is 1. The summed E-state index contributed by atoms with van der Waals surface area (Å²) >= 11 is 1.78. The summed E-state index contributed by atoms with van der Waals surface area (Å²) in [7, 11) is 1.41. The zero-order chi connectivity index (χ0) is 14.8. The minimum atomic E-state index is -0.408. The van der Waals surface area contributed by atoms with Crippen molar-refractivity contribution in [1.29, 1.82) is 0 Å². The van der Waals surface area contributed by atoms with Crippen LogP contribution in [0.3, 0.4) is 0 Å². The Morgan fingerprint density at radius 1 is 1.48 bits per heavy atom. The number of hydrogen-bond acceptors (Lipinski definition) is 6. The summed E-state index contributed by atoms with van der Waals surface area (Å²) in [6, 6.07) is -0.348. The van der Waals surface area contributed by atoms with Crippen molar-refractivity contribution in [2.75, 3.05) is 13.7 Å². The molecule has 1 fully saturated rings. The average molecular weight is 310 g/mol. The molecule has 6 heteroatoms. The molecule has 2 heterocycles. The van der Waals surface area contributed by atoms with Gasteiger partial charge < -0.3 is 9.84 Å². The van der Waals surface area contributed by atoms with Crippen LogP contribution in [0.4, 0.5) is 0 Å². The second-order valence-corrected chi connectivity index (χ2v) is 7.04. The topological polar surface area (TPSA) is 62.7 Å². The van der Waals surface area contributed by atoms with Gasteiger partial charge in [-0.15, -0.1) is 11.3 Å². The van der Waals surface area contributed by atoms with Gasteiger partial charge in [0, 0.05) is 11.4 Å². The van der Waals surface area contributed by atoms with Crippen LogP contribution in [0.25, 0.3) is 0 Å². The second-order valence-electron chi connectivity index (χ2n) is 5.87. The van der Waals surface area contributed by atoms with Gasteiger partial charge >= 0.3 is 5.97 Å². The number of aliphatic hydroxyl groups excluding tert-OH is 1. The minimum Gasteiger partial charge on any atom is -0.468 e. The van der Waals surface area contributed by atoms with Gasteiger partial charge in [-0.25, -0.2) is 4.98 Å². The number of methoxy groups -OCH3 is 1. The van der Waals surface area contributed by atoms with Crippen molar-refractivity contribution in [1.82, 2.24) is 9.88 Å². The summed E-state index contributed by atoms with van der Waals surface area (Å²) in [5.74, 6) is -0.255. The van der Waals surface area contributed by atoms with Crippen LogP contribution >= 0.6 is 11.3 Å². The van der Waals surface area contributed by atoms with Gasteiger partial charge in [-0.1, -0.05) is 0 Å². The first kappa shape index (κ1) is 14.9. The Kier molecular flexibility index (Phi) is 4.57. The van der Waals surface area contributed by atoms with E-state index in [0.717, 1.165) is 17.8 Å². The summed E-state index contributed by atoms with van der Waals surface area (Å²) in [4.78, 5) is 20.2. The molecule has 0 spiro atoms. The van der Waals surface area contributed by atoms with Crippen LogP contribution in [0.15, 0.2) is 0 Å². The van der Waals surface area contributed by atoms with Gasteiger partial charge in [0.15, 0.2) is 0 Å². The van der Waals surface area contributed by atoms with E-state index in [2.05, 4.69) is 4.90 Å². The number of piperidine rings is 1. The highest BCUT2D eigenvalue weighted by Gasteiger charge is 2.34. The van der Waals surface area contributed by atoms with Crippen LogP contribution in [-0.4, -0.2) is 46.8 Å². The Morgan fingerprint density at radius 3 is 3.05 bits per heavy atom. The third-order valence-corrected chi connectivity index (χ3v) is 5.53. The van der Waals surface area contributed by atoms with Crippen LogP contribution in [-0.2, 0) is 28.9 Å². The number of aliphatic hydroxyl groups is 1. The summed E-state index contributed by atoms with van der Waals surface area (Å²) in [5.41, 5.74) is 1.26. The molecule has 0 saturated carbocycles. The standard InChI is InChI=1S/C15H22N2O3S/c1-20-15(19)12-8-10(18)6-7-17(12)9-14-16-11-4-2-3-5-13(11)21-14/h10,12,18H,2-9H2,1H3/t10-,12+/m1/s1. The SMILES string of the molecule is COC(=O)[C@@H]1C[C@H](O)CCN1Cc1nc2c(s1)CCCC2. The average Bonchev–Trinajstić information content (AvgIpc) is 2.90. The summed E-state index contributed by atoms with van der Waals surface area (Å²) in [6.45, 7) is 1.40. The summed E-state index contributed by atoms with van der Waals surface area (Å²) in [5, 5.41) is 10.9. The van der Waals surface area contributed by atoms with Crippen molar-refractivity contribution in [2.45, 2.75) is 57.2 Å². The van der Waals surface area contributed by atoms with Crippen molar-refractivity contribution >= 4 is 17.3 Å². The minimum absolute atomic E-state index is 0.255. The molecular weight excluding hydrogens is 288 g/mol. The monoisotopic (exact) mass is 310 g/mol. The maximum atomic E-state index is 11.9. The van der Waals surface area contributed by atoms with Crippen LogP contribution in [0.5, 0.6) is 0 Å². The van der Waals surface area contributed by atoms with E-state index in [4.69, 9.17) is 9.72 Å². The van der Waals surface area contributed by atoms with Crippen molar-refractivity contribution in [3.05, 3.63) is 15.6 Å². The molecule has 116 valence electrons. The molecule has 2 aliphatic rings. The molecule has 3 rings (SSSR count). The molecule has 1 N–H and O–H groups in total. The molecule has 5 nitrogen and oxygen atoms in total. The number of likely N-dealkylation sites (tertiary alicyclic amines) is 1. The molecular formula is C15H22N2O3S. The van der Waals surface area contributed by atoms with Crippen molar-refractivity contribution in [2.24, 2.45) is 0 Å². The molecule has 1 aliphatic heterocycles. The number of aromatic nitrogens is 1. The maximum Gasteiger partial charge on any atom is 0.323 e. The highest BCUT2D eigenvalue weighted by Crippen LogP contribution is 2.29. The molecule has 2 atom stereocenters. The van der Waals surface area contributed by atoms with Crippen molar-refractivity contribution in [3.8, 4) is 0 Å². The number of nitrogens with zero attached hydrogens (tertiary/aromatic N) is 2. The van der Waals surface area contributed by atoms with E-state index in [1.54, 1.807) is 11.3 Å². The second kappa shape index (κ2) is 6.42. The lowest BCUT2D eigenvalue weighted by atomic mass is 9.99. The molecule has 0 bridgehead atoms. The first-order valence-electron chi connectivity index (χ1n) is 7.64. The smallest absolute Gasteiger partial charge is 0.323 e. The van der Waals surface area contributed by atoms with Crippen LogP contribution in [0.2, 0.25) is 0 Å². The predicted molar refractivity (Wildman–Crippen MR) is 80.2 cm³/mol. The highest BCUT2D eigenvalue weighted by atomic mass is 32.1. The quantitative estimate of drug-likeness (QED) is 0.858. The zero-order valence-corrected chi connectivity index (χ0v) is 13.2. The number of carbonyl (C=O) groups is 1. The fourth-order valence-electron chi connectivity index (χ4n) is 3.21. The van der Waals surface area contributed by atoms with Crippen LogP contribution in [0, 0.1) is 0 Å². The molecule has 1 aliphatic carbocycles. The van der Waals surface area contributed by atoms with E-state index in [-0.39, 0.29) is 12.0 Å². The Morgan fingerprint density at radius 2 is 2.29 bits per heavy atom. The van der Waals surface area contributed by atoms with Gasteiger partial charge in [-0.3, -0.25) is 9.69 Å². The summed E-state index contributed by atoms with van der Waals surface area (Å²) < 4.78 is 4.88. The third kappa shape index (κ3) is 3.27. The van der Waals surface area contributed by atoms with Gasteiger partial charge in [-0.2, -0.15) is 0 Å². The largest absolute Gasteiger partial charge is 0.468 e. The first-order valence-corrected chi connectivity index (χ1v) is 8.46. The lowest BCUT2D eigenvalue weighted by Crippen LogP contribution is -2.48. The molecule has 0 radical (unpaired) electrons. The Bertz CT molecular complexity index is 494. The number of hydrogen-bond donors (Lipinski definition) is 1. The van der Waals surface area contributed by atoms with Gasteiger partial charge in [-0.05, 0) is 38.5 Å². The molecule has 1 saturated heterocycles. The lowest BCUT2D eigenvalue weighted by Gasteiger charge is -2.35. The number of rotatable bonds is 3. The Balaban J connectivity index is 1.72. The normalized spacial score (nSPS) is 26.4. The fourth-order valence-corrected chi connectivity index (χ4v) is 4.40. The number of carbonyl (C=O) groups excluding carboxylic acids is 1. The number of thiazole rings is 1. The molecule has 1 aromatic rings. The van der Waals surface area contributed by atoms with Gasteiger partial charge in [0.25, 0.3) is 0 Å². The first-order chi connectivity index (χ1) is 10.2. The van der Waals surface area contributed by atoms with Crippen molar-refractivity contribution < 1.29 is 14.6 Å². The van der Waals surface area contributed by atoms with Gasteiger partial charge in [0.05, 0.1) is 25.5 Å². The fraction of sp³-hybridized carbons (Fsp3) is 0.733. The molecule has 0 aromatic carbocycles. The maximum absolute atomic E-state index is 11.9. The van der Waals surface area contributed by atoms with Crippen LogP contribution in [0.1, 0.15) is 41.3 Å². The van der Waals surface area contributed by atoms with Crippen LogP contribution < -0.4 is 0 Å². The molecule has 0 amide bonds. The highest BCUT2D eigenvalue weighted by molar-refractivity contribution is 7.11. The Labute approximate surface area is 128 Å². The molecule has 21 heavy (non-hydrogen) atoms. The number of aryl methyl sites for hydroxylation is 2. The van der Waals surface area contributed by atoms with Gasteiger partial charge in [0.1, 0.15) is 11.0 Å². The van der Waals surface area contributed by atoms with E-state index in [9.17, 15) is 9.90 Å². The van der Waals surface area contributed by atoms with E-state index >= 15 is 0 Å². The van der Waals surface area contributed by atoms with E-state index in [1.165, 1.54) is 30.5 Å². The molecule has 0 unspecified atom stereocenters. The van der Waals surface area contributed by atoms with E-state index in [1.807, 2.05) is 0 Å². The Hall–Kier alpha value is -0.980. The molecule has 1 aromatic heterocycles. The predicted octanol–water partition coefficient (Wildman–Crippen LogP) is 1.52. The van der Waals surface area contributed by atoms with Crippen molar-refractivity contribution in [3.63, 3.8) is 0 Å². The lowest BCUT2D eigenvalue weighted by molar-refractivity contribution is -0.150. The number of ether oxygens (including phenoxy) is 1. The van der Waals surface area contributed by atoms with E-state index < -0.39 is 6.10 Å². The van der Waals surface area contributed by atoms with Gasteiger partial charge in [0.2, 0.25) is 0 Å². The third-order valence-electron chi connectivity index (χ3n) is 4.39.